The van der Waals surface area contributed by atoms with E-state index in [1.807, 2.05) is 0 Å². The quantitative estimate of drug-likeness (QED) is 0.0504. The highest BCUT2D eigenvalue weighted by Crippen LogP contribution is 2.41. The maximum absolute atomic E-state index is 13.5. The summed E-state index contributed by atoms with van der Waals surface area (Å²) >= 11 is 2.45. The van der Waals surface area contributed by atoms with Gasteiger partial charge in [-0.1, -0.05) is 50.3 Å². The number of aromatic amines is 1. The highest BCUT2D eigenvalue weighted by Gasteiger charge is 2.52. The van der Waals surface area contributed by atoms with E-state index in [1.165, 1.54) is 34.8 Å². The Hall–Kier alpha value is -3.59. The third kappa shape index (κ3) is 9.26. The molecule has 1 saturated carbocycles. The molecule has 3 aromatic heterocycles. The smallest absolute Gasteiger partial charge is 0.350 e. The number of esters is 1. The molecule has 6 N–H and O–H groups in total. The van der Waals surface area contributed by atoms with Crippen LogP contribution in [0.25, 0.3) is 10.9 Å². The van der Waals surface area contributed by atoms with Crippen molar-refractivity contribution >= 4 is 45.5 Å². The van der Waals surface area contributed by atoms with E-state index in [2.05, 4.69) is 22.2 Å². The van der Waals surface area contributed by atoms with Crippen LogP contribution in [0.5, 0.6) is 5.75 Å². The molecule has 0 unspecified atom stereocenters. The monoisotopic (exact) mass is 739 g/mol. The normalized spacial score (nSPS) is 18.6. The number of H-pyrrole nitrogens is 1. The van der Waals surface area contributed by atoms with Crippen molar-refractivity contribution in [2.75, 3.05) is 26.7 Å². The van der Waals surface area contributed by atoms with Gasteiger partial charge in [0.05, 0.1) is 21.4 Å². The summed E-state index contributed by atoms with van der Waals surface area (Å²) in [4.78, 5) is 43.4. The van der Waals surface area contributed by atoms with Gasteiger partial charge in [0.15, 0.2) is 0 Å². The number of hydrogen-bond donors (Lipinski definition) is 6. The van der Waals surface area contributed by atoms with Gasteiger partial charge in [-0.15, -0.1) is 22.7 Å². The van der Waals surface area contributed by atoms with Gasteiger partial charge in [-0.25, -0.2) is 9.59 Å². The second-order valence-corrected chi connectivity index (χ2v) is 15.4. The summed E-state index contributed by atoms with van der Waals surface area (Å²) in [6.07, 6.45) is 8.53. The van der Waals surface area contributed by atoms with Crippen molar-refractivity contribution in [2.45, 2.75) is 94.0 Å². The van der Waals surface area contributed by atoms with E-state index >= 15 is 0 Å². The molecule has 0 saturated heterocycles. The fourth-order valence-electron chi connectivity index (χ4n) is 6.99. The number of carboxylic acid groups (broad SMARTS) is 1. The van der Waals surface area contributed by atoms with E-state index in [1.54, 1.807) is 47.2 Å². The molecule has 1 atom stereocenters. The van der Waals surface area contributed by atoms with Gasteiger partial charge in [0.1, 0.15) is 5.75 Å². The lowest BCUT2D eigenvalue weighted by molar-refractivity contribution is -0.195. The Bertz CT molecular complexity index is 1730. The molecule has 11 nitrogen and oxygen atoms in total. The number of hydrogen-bond acceptors (Lipinski definition) is 11. The third-order valence-electron chi connectivity index (χ3n) is 10.1. The predicted octanol–water partition coefficient (Wildman–Crippen LogP) is 5.89. The predicted molar refractivity (Wildman–Crippen MR) is 199 cm³/mol. The maximum Gasteiger partial charge on any atom is 0.350 e. The molecule has 1 aromatic carbocycles. The van der Waals surface area contributed by atoms with E-state index in [-0.39, 0.29) is 30.2 Å². The number of rotatable bonds is 19. The van der Waals surface area contributed by atoms with Crippen molar-refractivity contribution in [3.05, 3.63) is 85.0 Å². The minimum atomic E-state index is -2.05. The summed E-state index contributed by atoms with van der Waals surface area (Å²) in [7, 11) is 2.08. The molecule has 1 aliphatic rings. The molecule has 5 rings (SSSR count). The molecule has 0 spiro atoms. The zero-order chi connectivity index (χ0) is 36.4. The Kier molecular flexibility index (Phi) is 13.5. The number of fused-ring (bicyclic) bond motifs is 1. The van der Waals surface area contributed by atoms with Crippen LogP contribution in [0.3, 0.4) is 0 Å². The second kappa shape index (κ2) is 17.8. The number of carbonyl (C=O) groups is 2. The minimum absolute atomic E-state index is 0.0237. The van der Waals surface area contributed by atoms with E-state index in [9.17, 15) is 34.8 Å². The molecule has 276 valence electrons. The van der Waals surface area contributed by atoms with Crippen LogP contribution in [0.1, 0.15) is 92.1 Å². The number of aromatic nitrogens is 1. The largest absolute Gasteiger partial charge is 0.506 e. The minimum Gasteiger partial charge on any atom is -0.506 e. The Morgan fingerprint density at radius 1 is 0.980 bits per heavy atom. The number of aliphatic carboxylic acids is 1. The van der Waals surface area contributed by atoms with Crippen molar-refractivity contribution in [3.63, 3.8) is 0 Å². The van der Waals surface area contributed by atoms with Gasteiger partial charge < -0.3 is 40.4 Å². The molecule has 4 aromatic rings. The van der Waals surface area contributed by atoms with Crippen molar-refractivity contribution in [1.29, 1.82) is 0 Å². The summed E-state index contributed by atoms with van der Waals surface area (Å²) in [5.74, 6) is -2.15. The molecular weight excluding hydrogens is 691 g/mol. The number of carboxylic acids is 1. The van der Waals surface area contributed by atoms with Crippen LogP contribution in [0.4, 0.5) is 0 Å². The SMILES string of the molecule is CN(CCCCCCCCCNC[C@@H](O)c1ccc(O)c2[nH]c(=O)ccc12)C1CCC(OC(=O)C(O)(c2cccs2)c2cccs2)(C(=O)O)CC1. The molecule has 0 bridgehead atoms. The highest BCUT2D eigenvalue weighted by molar-refractivity contribution is 7.12. The summed E-state index contributed by atoms with van der Waals surface area (Å²) in [5.41, 5.74) is -3.04. The van der Waals surface area contributed by atoms with Crippen LogP contribution in [-0.2, 0) is 19.9 Å². The molecule has 0 amide bonds. The zero-order valence-electron chi connectivity index (χ0n) is 29.0. The first-order valence-corrected chi connectivity index (χ1v) is 19.5. The van der Waals surface area contributed by atoms with Gasteiger partial charge in [-0.3, -0.25) is 4.79 Å². The second-order valence-electron chi connectivity index (χ2n) is 13.5. The van der Waals surface area contributed by atoms with Crippen LogP contribution < -0.4 is 10.9 Å². The lowest BCUT2D eigenvalue weighted by Gasteiger charge is -2.40. The van der Waals surface area contributed by atoms with Gasteiger partial charge in [-0.05, 0) is 99.3 Å². The van der Waals surface area contributed by atoms with Crippen LogP contribution in [0.2, 0.25) is 0 Å². The molecule has 3 heterocycles. The first-order valence-electron chi connectivity index (χ1n) is 17.8. The van der Waals surface area contributed by atoms with Crippen LogP contribution in [0, 0.1) is 0 Å². The van der Waals surface area contributed by atoms with Crippen molar-refractivity contribution in [3.8, 4) is 5.75 Å². The number of benzene rings is 1. The Morgan fingerprint density at radius 3 is 2.22 bits per heavy atom. The van der Waals surface area contributed by atoms with E-state index in [0.29, 0.717) is 45.6 Å². The van der Waals surface area contributed by atoms with Crippen LogP contribution in [0.15, 0.2) is 64.1 Å². The first-order chi connectivity index (χ1) is 24.5. The number of nitrogens with one attached hydrogen (secondary N) is 2. The highest BCUT2D eigenvalue weighted by atomic mass is 32.1. The van der Waals surface area contributed by atoms with E-state index in [4.69, 9.17) is 4.74 Å². The molecule has 51 heavy (non-hydrogen) atoms. The fraction of sp³-hybridized carbons (Fsp3) is 0.500. The molecular formula is C38H49N3O8S2. The molecule has 13 heteroatoms. The summed E-state index contributed by atoms with van der Waals surface area (Å²) in [6, 6.07) is 13.2. The number of carbonyl (C=O) groups excluding carboxylic acids is 1. The molecule has 1 aliphatic carbocycles. The molecule has 0 radical (unpaired) electrons. The molecule has 0 aliphatic heterocycles. The van der Waals surface area contributed by atoms with E-state index < -0.39 is 29.2 Å². The summed E-state index contributed by atoms with van der Waals surface area (Å²) in [6.45, 7) is 2.09. The average Bonchev–Trinajstić information content (AvgIpc) is 3.87. The Morgan fingerprint density at radius 2 is 1.61 bits per heavy atom. The fourth-order valence-corrected chi connectivity index (χ4v) is 8.70. The maximum atomic E-state index is 13.5. The third-order valence-corrected chi connectivity index (χ3v) is 12.0. The Labute approximate surface area is 305 Å². The number of unbranched alkanes of at least 4 members (excludes halogenated alkanes) is 6. The van der Waals surface area contributed by atoms with Crippen molar-refractivity contribution < 1.29 is 34.8 Å². The number of phenols is 1. The number of aliphatic hydroxyl groups is 2. The number of pyridine rings is 1. The number of thiophene rings is 2. The summed E-state index contributed by atoms with van der Waals surface area (Å²) < 4.78 is 5.77. The van der Waals surface area contributed by atoms with Gasteiger partial charge in [-0.2, -0.15) is 0 Å². The van der Waals surface area contributed by atoms with Gasteiger partial charge in [0.2, 0.25) is 16.8 Å². The van der Waals surface area contributed by atoms with Crippen LogP contribution in [-0.4, -0.2) is 80.6 Å². The Balaban J connectivity index is 0.954. The molecule has 1 fully saturated rings. The number of aromatic hydroxyl groups is 1. The number of ether oxygens (including phenoxy) is 1. The van der Waals surface area contributed by atoms with Crippen LogP contribution >= 0.6 is 22.7 Å². The number of nitrogens with zero attached hydrogens (tertiary/aromatic N) is 1. The van der Waals surface area contributed by atoms with Crippen molar-refractivity contribution in [2.24, 2.45) is 0 Å². The summed E-state index contributed by atoms with van der Waals surface area (Å²) in [5, 5.41) is 50.0. The van der Waals surface area contributed by atoms with Gasteiger partial charge in [0.25, 0.3) is 0 Å². The zero-order valence-corrected chi connectivity index (χ0v) is 30.6. The lowest BCUT2D eigenvalue weighted by atomic mass is 9.81. The first kappa shape index (κ1) is 38.6. The number of aliphatic hydroxyl groups excluding tert-OH is 1. The van der Waals surface area contributed by atoms with Gasteiger partial charge >= 0.3 is 11.9 Å². The van der Waals surface area contributed by atoms with Gasteiger partial charge in [0, 0.05) is 24.0 Å². The standard InChI is InChI=1S/C38H49N3O8S2/c1-41(22-8-6-4-2-3-5-7-21-39-25-30(43)27-13-15-29(42)34-28(27)14-16-33(44)40-34)26-17-19-37(20-18-26,35(45)46)49-36(47)38(48,31-11-9-23-50-31)32-12-10-24-51-32/h9-16,23-24,26,30,39,42-43,48H,2-8,17-22,25H2,1H3,(H,40,44)(H,45,46)/t26?,30-,37?/m1/s1. The topological polar surface area (TPSA) is 172 Å². The lowest BCUT2D eigenvalue weighted by Crippen LogP contribution is -2.52. The van der Waals surface area contributed by atoms with Crippen molar-refractivity contribution in [1.82, 2.24) is 15.2 Å². The number of phenolic OH excluding ortho intramolecular Hbond substituents is 1. The van der Waals surface area contributed by atoms with E-state index in [0.717, 1.165) is 58.0 Å². The average molecular weight is 740 g/mol.